The highest BCUT2D eigenvalue weighted by Crippen LogP contribution is 2.32. The molecule has 0 radical (unpaired) electrons. The Morgan fingerprint density at radius 3 is 2.94 bits per heavy atom. The van der Waals surface area contributed by atoms with Gasteiger partial charge in [0.2, 0.25) is 0 Å². The third-order valence-corrected chi connectivity index (χ3v) is 3.07. The molecule has 0 bridgehead atoms. The summed E-state index contributed by atoms with van der Waals surface area (Å²) in [5, 5.41) is 0. The zero-order chi connectivity index (χ0) is 13.0. The molecule has 1 fully saturated rings. The predicted octanol–water partition coefficient (Wildman–Crippen LogP) is 2.31. The smallest absolute Gasteiger partial charge is 0.171 e. The van der Waals surface area contributed by atoms with Crippen LogP contribution in [0.5, 0.6) is 11.5 Å². The summed E-state index contributed by atoms with van der Waals surface area (Å²) in [7, 11) is 1.57. The number of ether oxygens (including phenoxy) is 3. The number of hydrogen-bond donors (Lipinski definition) is 0. The van der Waals surface area contributed by atoms with Gasteiger partial charge in [0.25, 0.3) is 0 Å². The van der Waals surface area contributed by atoms with E-state index in [-0.39, 0.29) is 5.78 Å². The van der Waals surface area contributed by atoms with E-state index < -0.39 is 0 Å². The monoisotopic (exact) mass is 250 g/mol. The van der Waals surface area contributed by atoms with Crippen molar-refractivity contribution in [2.45, 2.75) is 13.3 Å². The van der Waals surface area contributed by atoms with Crippen LogP contribution in [0.1, 0.15) is 23.7 Å². The Morgan fingerprint density at radius 1 is 1.50 bits per heavy atom. The molecule has 1 aromatic carbocycles. The van der Waals surface area contributed by atoms with Gasteiger partial charge in [0, 0.05) is 12.5 Å². The van der Waals surface area contributed by atoms with Crippen LogP contribution in [0.4, 0.5) is 0 Å². The molecular formula is C14H18O4. The highest BCUT2D eigenvalue weighted by molar-refractivity contribution is 5.97. The van der Waals surface area contributed by atoms with Gasteiger partial charge in [0.15, 0.2) is 17.3 Å². The number of carbonyl (C=O) groups is 1. The van der Waals surface area contributed by atoms with E-state index in [1.165, 1.54) is 6.92 Å². The second-order valence-electron chi connectivity index (χ2n) is 4.43. The van der Waals surface area contributed by atoms with Gasteiger partial charge in [-0.05, 0) is 25.5 Å². The number of methoxy groups -OCH3 is 1. The highest BCUT2D eigenvalue weighted by atomic mass is 16.5. The minimum Gasteiger partial charge on any atom is -0.493 e. The van der Waals surface area contributed by atoms with Crippen molar-refractivity contribution in [1.29, 1.82) is 0 Å². The number of hydrogen-bond acceptors (Lipinski definition) is 4. The fourth-order valence-electron chi connectivity index (χ4n) is 2.02. The van der Waals surface area contributed by atoms with Gasteiger partial charge in [-0.2, -0.15) is 0 Å². The van der Waals surface area contributed by atoms with E-state index in [9.17, 15) is 4.79 Å². The van der Waals surface area contributed by atoms with Gasteiger partial charge in [-0.1, -0.05) is 6.07 Å². The summed E-state index contributed by atoms with van der Waals surface area (Å²) < 4.78 is 16.3. The van der Waals surface area contributed by atoms with Crippen molar-refractivity contribution >= 4 is 5.78 Å². The molecule has 1 aromatic rings. The SMILES string of the molecule is COc1cccc(C(C)=O)c1OCC1CCOC1. The van der Waals surface area contributed by atoms with Crippen LogP contribution < -0.4 is 9.47 Å². The van der Waals surface area contributed by atoms with E-state index in [4.69, 9.17) is 14.2 Å². The quantitative estimate of drug-likeness (QED) is 0.752. The van der Waals surface area contributed by atoms with Crippen LogP contribution in [0.2, 0.25) is 0 Å². The van der Waals surface area contributed by atoms with E-state index in [1.54, 1.807) is 25.3 Å². The number of rotatable bonds is 5. The average Bonchev–Trinajstić information content (AvgIpc) is 2.88. The van der Waals surface area contributed by atoms with Crippen molar-refractivity contribution in [3.8, 4) is 11.5 Å². The minimum atomic E-state index is -0.0217. The van der Waals surface area contributed by atoms with Crippen molar-refractivity contribution in [2.24, 2.45) is 5.92 Å². The van der Waals surface area contributed by atoms with Crippen LogP contribution in [0.3, 0.4) is 0 Å². The molecule has 0 amide bonds. The Hall–Kier alpha value is -1.55. The summed E-state index contributed by atoms with van der Waals surface area (Å²) in [6.45, 7) is 3.60. The first kappa shape index (κ1) is 12.9. The van der Waals surface area contributed by atoms with Gasteiger partial charge < -0.3 is 14.2 Å². The normalized spacial score (nSPS) is 18.7. The first-order valence-electron chi connectivity index (χ1n) is 6.11. The van der Waals surface area contributed by atoms with E-state index in [1.807, 2.05) is 0 Å². The predicted molar refractivity (Wildman–Crippen MR) is 67.4 cm³/mol. The number of para-hydroxylation sites is 1. The fourth-order valence-corrected chi connectivity index (χ4v) is 2.02. The molecule has 0 spiro atoms. The molecule has 0 aromatic heterocycles. The molecule has 0 saturated carbocycles. The summed E-state index contributed by atoms with van der Waals surface area (Å²) in [4.78, 5) is 11.6. The number of benzene rings is 1. The molecular weight excluding hydrogens is 232 g/mol. The van der Waals surface area contributed by atoms with E-state index in [2.05, 4.69) is 0 Å². The zero-order valence-electron chi connectivity index (χ0n) is 10.8. The van der Waals surface area contributed by atoms with Crippen molar-refractivity contribution in [2.75, 3.05) is 26.9 Å². The average molecular weight is 250 g/mol. The molecule has 1 saturated heterocycles. The molecule has 1 atom stereocenters. The lowest BCUT2D eigenvalue weighted by Gasteiger charge is -2.15. The molecule has 4 heteroatoms. The Kier molecular flexibility index (Phi) is 4.20. The third kappa shape index (κ3) is 2.82. The van der Waals surface area contributed by atoms with Crippen LogP contribution in [0.25, 0.3) is 0 Å². The zero-order valence-corrected chi connectivity index (χ0v) is 10.8. The van der Waals surface area contributed by atoms with Crippen LogP contribution in [0.15, 0.2) is 18.2 Å². The van der Waals surface area contributed by atoms with Gasteiger partial charge in [0.05, 0.1) is 25.9 Å². The molecule has 4 nitrogen and oxygen atoms in total. The lowest BCUT2D eigenvalue weighted by atomic mass is 10.1. The van der Waals surface area contributed by atoms with Crippen molar-refractivity contribution in [3.05, 3.63) is 23.8 Å². The van der Waals surface area contributed by atoms with Gasteiger partial charge in [0.1, 0.15) is 0 Å². The summed E-state index contributed by atoms with van der Waals surface area (Å²) in [5.74, 6) is 1.52. The number of ketones is 1. The fraction of sp³-hybridized carbons (Fsp3) is 0.500. The summed E-state index contributed by atoms with van der Waals surface area (Å²) in [6.07, 6.45) is 1.00. The van der Waals surface area contributed by atoms with Crippen LogP contribution in [0, 0.1) is 5.92 Å². The first-order chi connectivity index (χ1) is 8.72. The molecule has 2 rings (SSSR count). The van der Waals surface area contributed by atoms with Gasteiger partial charge in [-0.3, -0.25) is 4.79 Å². The summed E-state index contributed by atoms with van der Waals surface area (Å²) in [6, 6.07) is 5.35. The van der Waals surface area contributed by atoms with E-state index in [0.29, 0.717) is 29.6 Å². The maximum absolute atomic E-state index is 11.6. The Labute approximate surface area is 107 Å². The molecule has 1 aliphatic rings. The second-order valence-corrected chi connectivity index (χ2v) is 4.43. The molecule has 18 heavy (non-hydrogen) atoms. The van der Waals surface area contributed by atoms with Crippen molar-refractivity contribution < 1.29 is 19.0 Å². The highest BCUT2D eigenvalue weighted by Gasteiger charge is 2.19. The van der Waals surface area contributed by atoms with E-state index >= 15 is 0 Å². The van der Waals surface area contributed by atoms with Crippen molar-refractivity contribution in [1.82, 2.24) is 0 Å². The largest absolute Gasteiger partial charge is 0.493 e. The van der Waals surface area contributed by atoms with Crippen LogP contribution in [-0.4, -0.2) is 32.7 Å². The van der Waals surface area contributed by atoms with Crippen molar-refractivity contribution in [3.63, 3.8) is 0 Å². The maximum atomic E-state index is 11.6. The third-order valence-electron chi connectivity index (χ3n) is 3.07. The van der Waals surface area contributed by atoms with E-state index in [0.717, 1.165) is 19.6 Å². The lowest BCUT2D eigenvalue weighted by molar-refractivity contribution is 0.101. The Balaban J connectivity index is 2.15. The van der Waals surface area contributed by atoms with Gasteiger partial charge >= 0.3 is 0 Å². The molecule has 0 aliphatic carbocycles. The number of carbonyl (C=O) groups excluding carboxylic acids is 1. The number of Topliss-reactive ketones (excluding diaryl/α,β-unsaturated/α-hetero) is 1. The standard InChI is InChI=1S/C14H18O4/c1-10(15)12-4-3-5-13(16-2)14(12)18-9-11-6-7-17-8-11/h3-5,11H,6-9H2,1-2H3. The first-order valence-corrected chi connectivity index (χ1v) is 6.11. The second kappa shape index (κ2) is 5.87. The minimum absolute atomic E-state index is 0.0217. The lowest BCUT2D eigenvalue weighted by Crippen LogP contribution is -2.13. The summed E-state index contributed by atoms with van der Waals surface area (Å²) >= 11 is 0. The Morgan fingerprint density at radius 2 is 2.33 bits per heavy atom. The van der Waals surface area contributed by atoms with Crippen LogP contribution >= 0.6 is 0 Å². The molecule has 98 valence electrons. The molecule has 0 N–H and O–H groups in total. The van der Waals surface area contributed by atoms with Crippen LogP contribution in [-0.2, 0) is 4.74 Å². The molecule has 1 heterocycles. The topological polar surface area (TPSA) is 44.8 Å². The Bertz CT molecular complexity index is 422. The molecule has 1 aliphatic heterocycles. The molecule has 1 unspecified atom stereocenters. The van der Waals surface area contributed by atoms with Gasteiger partial charge in [-0.15, -0.1) is 0 Å². The maximum Gasteiger partial charge on any atom is 0.171 e. The van der Waals surface area contributed by atoms with Gasteiger partial charge in [-0.25, -0.2) is 0 Å². The summed E-state index contributed by atoms with van der Waals surface area (Å²) in [5.41, 5.74) is 0.563.